The third kappa shape index (κ3) is 2.14. The Labute approximate surface area is 119 Å². The molecule has 20 heavy (non-hydrogen) atoms. The summed E-state index contributed by atoms with van der Waals surface area (Å²) in [6.45, 7) is 6.15. The lowest BCUT2D eigenvalue weighted by atomic mass is 9.99. The topological polar surface area (TPSA) is 29.1 Å². The predicted octanol–water partition coefficient (Wildman–Crippen LogP) is 4.10. The number of anilines is 1. The van der Waals surface area contributed by atoms with Crippen molar-refractivity contribution in [2.45, 2.75) is 20.8 Å². The van der Waals surface area contributed by atoms with Crippen molar-refractivity contribution in [1.82, 2.24) is 0 Å². The third-order valence-corrected chi connectivity index (χ3v) is 3.69. The van der Waals surface area contributed by atoms with Crippen LogP contribution in [0.15, 0.2) is 36.4 Å². The van der Waals surface area contributed by atoms with Crippen LogP contribution in [0.3, 0.4) is 0 Å². The average Bonchev–Trinajstić information content (AvgIpc) is 2.69. The molecule has 0 saturated carbocycles. The number of rotatable bonds is 1. The van der Waals surface area contributed by atoms with Gasteiger partial charge in [-0.3, -0.25) is 4.79 Å². The molecule has 2 aromatic rings. The first-order chi connectivity index (χ1) is 9.54. The van der Waals surface area contributed by atoms with Gasteiger partial charge in [0.2, 0.25) is 0 Å². The third-order valence-electron chi connectivity index (χ3n) is 3.69. The van der Waals surface area contributed by atoms with E-state index in [-0.39, 0.29) is 5.91 Å². The Balaban J connectivity index is 2.13. The van der Waals surface area contributed by atoms with Crippen LogP contribution in [-0.2, 0) is 4.79 Å². The largest absolute Gasteiger partial charge is 0.321 e. The molecule has 1 N–H and O–H groups in total. The number of fused-ring (bicyclic) bond motifs is 1. The second-order valence-corrected chi connectivity index (χ2v) is 5.42. The summed E-state index contributed by atoms with van der Waals surface area (Å²) in [5.74, 6) is -0.0218. The summed E-state index contributed by atoms with van der Waals surface area (Å²) in [5.41, 5.74) is 7.27. The smallest absolute Gasteiger partial charge is 0.256 e. The molecule has 100 valence electrons. The molecule has 1 aliphatic heterocycles. The first kappa shape index (κ1) is 12.7. The molecule has 0 atom stereocenters. The van der Waals surface area contributed by atoms with Crippen molar-refractivity contribution in [2.24, 2.45) is 0 Å². The zero-order valence-corrected chi connectivity index (χ0v) is 11.9. The van der Waals surface area contributed by atoms with Crippen LogP contribution in [0.2, 0.25) is 0 Å². The zero-order valence-electron chi connectivity index (χ0n) is 11.9. The molecule has 3 rings (SSSR count). The Morgan fingerprint density at radius 2 is 1.65 bits per heavy atom. The van der Waals surface area contributed by atoms with Crippen molar-refractivity contribution in [3.63, 3.8) is 0 Å². The second-order valence-electron chi connectivity index (χ2n) is 5.42. The maximum Gasteiger partial charge on any atom is 0.256 e. The minimum Gasteiger partial charge on any atom is -0.321 e. The Kier molecular flexibility index (Phi) is 2.94. The summed E-state index contributed by atoms with van der Waals surface area (Å²) in [7, 11) is 0. The molecule has 2 heteroatoms. The normalized spacial score (nSPS) is 15.3. The number of amides is 1. The van der Waals surface area contributed by atoms with E-state index in [2.05, 4.69) is 37.4 Å². The summed E-state index contributed by atoms with van der Waals surface area (Å²) in [6, 6.07) is 12.3. The minimum atomic E-state index is -0.0218. The van der Waals surface area contributed by atoms with Gasteiger partial charge in [0.25, 0.3) is 5.91 Å². The van der Waals surface area contributed by atoms with Gasteiger partial charge < -0.3 is 5.32 Å². The molecule has 0 saturated heterocycles. The molecular weight excluding hydrogens is 246 g/mol. The molecule has 0 fully saturated rings. The molecule has 2 nitrogen and oxygen atoms in total. The maximum absolute atomic E-state index is 12.2. The number of nitrogens with one attached hydrogen (secondary N) is 1. The highest BCUT2D eigenvalue weighted by Crippen LogP contribution is 2.34. The van der Waals surface area contributed by atoms with Gasteiger partial charge in [-0.25, -0.2) is 0 Å². The van der Waals surface area contributed by atoms with E-state index in [1.54, 1.807) is 0 Å². The molecule has 0 aliphatic carbocycles. The fourth-order valence-corrected chi connectivity index (χ4v) is 2.52. The SMILES string of the molecule is Cc1ccc(C)c(/C=C2/C(=O)Nc3cc(C)ccc32)c1. The summed E-state index contributed by atoms with van der Waals surface area (Å²) in [5, 5.41) is 2.94. The predicted molar refractivity (Wildman–Crippen MR) is 83.6 cm³/mol. The number of hydrogen-bond acceptors (Lipinski definition) is 1. The van der Waals surface area contributed by atoms with Crippen LogP contribution < -0.4 is 5.32 Å². The van der Waals surface area contributed by atoms with Crippen molar-refractivity contribution in [2.75, 3.05) is 5.32 Å². The summed E-state index contributed by atoms with van der Waals surface area (Å²) in [4.78, 5) is 12.2. The molecule has 0 aromatic heterocycles. The van der Waals surface area contributed by atoms with Crippen LogP contribution >= 0.6 is 0 Å². The van der Waals surface area contributed by atoms with E-state index >= 15 is 0 Å². The van der Waals surface area contributed by atoms with Crippen molar-refractivity contribution in [3.8, 4) is 0 Å². The highest BCUT2D eigenvalue weighted by Gasteiger charge is 2.23. The first-order valence-electron chi connectivity index (χ1n) is 6.76. The first-order valence-corrected chi connectivity index (χ1v) is 6.76. The zero-order chi connectivity index (χ0) is 14.3. The second kappa shape index (κ2) is 4.64. The van der Waals surface area contributed by atoms with Crippen LogP contribution in [0.5, 0.6) is 0 Å². The van der Waals surface area contributed by atoms with Crippen molar-refractivity contribution < 1.29 is 4.79 Å². The van der Waals surface area contributed by atoms with E-state index in [0.29, 0.717) is 0 Å². The average molecular weight is 263 g/mol. The maximum atomic E-state index is 12.2. The van der Waals surface area contributed by atoms with E-state index in [4.69, 9.17) is 0 Å². The van der Waals surface area contributed by atoms with Crippen LogP contribution in [0.25, 0.3) is 11.6 Å². The molecular formula is C18H17NO. The molecule has 0 spiro atoms. The van der Waals surface area contributed by atoms with E-state index in [0.717, 1.165) is 28.0 Å². The lowest BCUT2D eigenvalue weighted by Gasteiger charge is -2.04. The van der Waals surface area contributed by atoms with Gasteiger partial charge in [-0.2, -0.15) is 0 Å². The van der Waals surface area contributed by atoms with Crippen molar-refractivity contribution >= 4 is 23.2 Å². The molecule has 0 unspecified atom stereocenters. The van der Waals surface area contributed by atoms with Gasteiger partial charge >= 0.3 is 0 Å². The molecule has 0 bridgehead atoms. The van der Waals surface area contributed by atoms with Gasteiger partial charge in [0.05, 0.1) is 0 Å². The van der Waals surface area contributed by atoms with Gasteiger partial charge in [-0.15, -0.1) is 0 Å². The van der Waals surface area contributed by atoms with Gasteiger partial charge in [0.1, 0.15) is 0 Å². The quantitative estimate of drug-likeness (QED) is 0.771. The Hall–Kier alpha value is -2.35. The number of hydrogen-bond donors (Lipinski definition) is 1. The molecule has 1 aliphatic rings. The Morgan fingerprint density at radius 1 is 0.950 bits per heavy atom. The van der Waals surface area contributed by atoms with Crippen LogP contribution in [-0.4, -0.2) is 5.91 Å². The number of aryl methyl sites for hydroxylation is 3. The fraction of sp³-hybridized carbons (Fsp3) is 0.167. The Morgan fingerprint density at radius 3 is 2.45 bits per heavy atom. The van der Waals surface area contributed by atoms with Gasteiger partial charge in [-0.05, 0) is 49.6 Å². The van der Waals surface area contributed by atoms with Crippen LogP contribution in [0, 0.1) is 20.8 Å². The summed E-state index contributed by atoms with van der Waals surface area (Å²) >= 11 is 0. The van der Waals surface area contributed by atoms with Crippen LogP contribution in [0.4, 0.5) is 5.69 Å². The number of carbonyl (C=O) groups excluding carboxylic acids is 1. The summed E-state index contributed by atoms with van der Waals surface area (Å²) in [6.07, 6.45) is 1.98. The van der Waals surface area contributed by atoms with E-state index in [9.17, 15) is 4.79 Å². The molecule has 0 radical (unpaired) electrons. The molecule has 1 heterocycles. The molecule has 1 amide bonds. The standard InChI is InChI=1S/C18H17NO/c1-11-4-6-13(3)14(8-11)10-16-15-7-5-12(2)9-17(15)19-18(16)20/h4-10H,1-3H3,(H,19,20)/b16-10+. The Bertz CT molecular complexity index is 741. The highest BCUT2D eigenvalue weighted by molar-refractivity contribution is 6.35. The molecule has 2 aromatic carbocycles. The van der Waals surface area contributed by atoms with Gasteiger partial charge in [0, 0.05) is 16.8 Å². The monoisotopic (exact) mass is 263 g/mol. The fourth-order valence-electron chi connectivity index (χ4n) is 2.52. The van der Waals surface area contributed by atoms with E-state index in [1.807, 2.05) is 31.2 Å². The van der Waals surface area contributed by atoms with Crippen molar-refractivity contribution in [3.05, 3.63) is 64.2 Å². The van der Waals surface area contributed by atoms with Crippen LogP contribution in [0.1, 0.15) is 27.8 Å². The van der Waals surface area contributed by atoms with Gasteiger partial charge in [-0.1, -0.05) is 35.9 Å². The highest BCUT2D eigenvalue weighted by atomic mass is 16.2. The lowest BCUT2D eigenvalue weighted by molar-refractivity contribution is -0.110. The van der Waals surface area contributed by atoms with Gasteiger partial charge in [0.15, 0.2) is 0 Å². The van der Waals surface area contributed by atoms with E-state index in [1.165, 1.54) is 11.1 Å². The van der Waals surface area contributed by atoms with E-state index < -0.39 is 0 Å². The minimum absolute atomic E-state index is 0.0218. The number of benzene rings is 2. The lowest BCUT2D eigenvalue weighted by Crippen LogP contribution is -2.03. The summed E-state index contributed by atoms with van der Waals surface area (Å²) < 4.78 is 0. The van der Waals surface area contributed by atoms with Crippen molar-refractivity contribution in [1.29, 1.82) is 0 Å². The number of carbonyl (C=O) groups is 1.